The van der Waals surface area contributed by atoms with E-state index in [0.29, 0.717) is 11.1 Å². The van der Waals surface area contributed by atoms with Crippen molar-refractivity contribution in [2.75, 3.05) is 0 Å². The second kappa shape index (κ2) is 19.7. The Labute approximate surface area is 441 Å². The molecule has 2 unspecified atom stereocenters. The molecule has 0 radical (unpaired) electrons. The molecule has 18 heteroatoms. The van der Waals surface area contributed by atoms with Crippen LogP contribution in [0.5, 0.6) is 0 Å². The topological polar surface area (TPSA) is 363 Å². The second-order valence-electron chi connectivity index (χ2n) is 17.1. The van der Waals surface area contributed by atoms with Gasteiger partial charge in [0.1, 0.15) is 93.8 Å². The molecule has 1 aliphatic carbocycles. The van der Waals surface area contributed by atoms with Crippen LogP contribution in [0.4, 0.5) is 0 Å². The van der Waals surface area contributed by atoms with Crippen molar-refractivity contribution in [2.45, 2.75) is 0 Å². The van der Waals surface area contributed by atoms with Gasteiger partial charge in [-0.15, -0.1) is 0 Å². The van der Waals surface area contributed by atoms with Crippen molar-refractivity contribution < 1.29 is 0 Å². The summed E-state index contributed by atoms with van der Waals surface area (Å²) in [4.78, 5) is 31.6. The molecule has 0 aliphatic heterocycles. The minimum Gasteiger partial charge on any atom is -0.241 e. The normalized spacial score (nSPS) is 13.0. The van der Waals surface area contributed by atoms with Gasteiger partial charge in [-0.2, -0.15) is 63.1 Å². The maximum Gasteiger partial charge on any atom is 0.120 e. The lowest BCUT2D eigenvalue weighted by Crippen LogP contribution is -2.11. The molecule has 78 heavy (non-hydrogen) atoms. The number of rotatable bonds is 6. The van der Waals surface area contributed by atoms with E-state index in [2.05, 4.69) is 36.4 Å². The Hall–Kier alpha value is -13.3. The summed E-state index contributed by atoms with van der Waals surface area (Å²) in [5, 5.41) is 121. The SMILES string of the molecule is N#Cc1ccc(-c2nc3c(nc2C2=CC(C#N)C(C#N)C=C2)c2nc(-c4ccc(C#N)c(C#N)c4)c(-c4ccc(C#N)c(C#N)c4)nc2c2nc(-c4ccc(C#N)c(C#N)c4)c(-c4ccc(C#N)c(C#N)c4)nc32)cc1C#N. The van der Waals surface area contributed by atoms with Gasteiger partial charge in [-0.1, -0.05) is 48.6 Å². The highest BCUT2D eigenvalue weighted by Gasteiger charge is 2.29. The fourth-order valence-corrected chi connectivity index (χ4v) is 8.99. The summed E-state index contributed by atoms with van der Waals surface area (Å²) in [6.07, 6.45) is 4.73. The van der Waals surface area contributed by atoms with Crippen LogP contribution in [0.1, 0.15) is 61.3 Å². The first kappa shape index (κ1) is 48.3. The van der Waals surface area contributed by atoms with Crippen molar-refractivity contribution in [2.24, 2.45) is 11.8 Å². The molecule has 0 amide bonds. The number of hydrogen-bond acceptors (Lipinski definition) is 18. The number of nitrogens with zero attached hydrogens (tertiary/aromatic N) is 18. The molecular weight excluding hydrogens is 973 g/mol. The molecule has 18 nitrogen and oxygen atoms in total. The molecule has 2 atom stereocenters. The zero-order valence-corrected chi connectivity index (χ0v) is 39.6. The molecule has 0 saturated heterocycles. The van der Waals surface area contributed by atoms with E-state index in [9.17, 15) is 63.1 Å². The van der Waals surface area contributed by atoms with E-state index < -0.39 is 11.8 Å². The monoisotopic (exact) mass is 992 g/mol. The molecular formula is C60H20N18. The van der Waals surface area contributed by atoms with Gasteiger partial charge in [0, 0.05) is 27.8 Å². The molecule has 3 heterocycles. The molecule has 0 spiro atoms. The van der Waals surface area contributed by atoms with Gasteiger partial charge in [-0.25, -0.2) is 29.9 Å². The smallest absolute Gasteiger partial charge is 0.120 e. The summed E-state index contributed by atoms with van der Waals surface area (Å²) in [5.41, 5.74) is 2.88. The lowest BCUT2D eigenvalue weighted by molar-refractivity contribution is 0.696. The van der Waals surface area contributed by atoms with E-state index in [-0.39, 0.29) is 145 Å². The Bertz CT molecular complexity index is 4750. The predicted molar refractivity (Wildman–Crippen MR) is 275 cm³/mol. The minimum atomic E-state index is -0.948. The first-order valence-corrected chi connectivity index (χ1v) is 22.8. The minimum absolute atomic E-state index is 0.00192. The second-order valence-corrected chi connectivity index (χ2v) is 17.1. The molecule has 9 aromatic rings. The molecule has 6 aromatic carbocycles. The fraction of sp³-hybridized carbons (Fsp3) is 0.0333. The third-order valence-corrected chi connectivity index (χ3v) is 12.8. The van der Waals surface area contributed by atoms with Crippen molar-refractivity contribution in [3.63, 3.8) is 0 Å². The molecule has 0 bridgehead atoms. The molecule has 350 valence electrons. The van der Waals surface area contributed by atoms with Crippen LogP contribution in [-0.2, 0) is 0 Å². The Balaban J connectivity index is 1.47. The number of allylic oxidation sites excluding steroid dienone is 4. The molecule has 10 rings (SSSR count). The van der Waals surface area contributed by atoms with Crippen LogP contribution >= 0.6 is 0 Å². The fourth-order valence-electron chi connectivity index (χ4n) is 8.99. The summed E-state index contributed by atoms with van der Waals surface area (Å²) in [7, 11) is 0. The largest absolute Gasteiger partial charge is 0.241 e. The van der Waals surface area contributed by atoms with Gasteiger partial charge in [0.25, 0.3) is 0 Å². The summed E-state index contributed by atoms with van der Waals surface area (Å²) in [6, 6.07) is 46.9. The average molecular weight is 993 g/mol. The van der Waals surface area contributed by atoms with Gasteiger partial charge >= 0.3 is 0 Å². The zero-order chi connectivity index (χ0) is 54.8. The first-order chi connectivity index (χ1) is 38.1. The first-order valence-electron chi connectivity index (χ1n) is 22.8. The van der Waals surface area contributed by atoms with Gasteiger partial charge in [-0.05, 0) is 66.2 Å². The average Bonchev–Trinajstić information content (AvgIpc) is 3.67. The van der Waals surface area contributed by atoms with E-state index in [4.69, 9.17) is 29.9 Å². The lowest BCUT2D eigenvalue weighted by Gasteiger charge is -2.19. The summed E-state index contributed by atoms with van der Waals surface area (Å²) < 4.78 is 0. The van der Waals surface area contributed by atoms with Crippen molar-refractivity contribution in [3.8, 4) is 129 Å². The third kappa shape index (κ3) is 8.00. The highest BCUT2D eigenvalue weighted by Crippen LogP contribution is 2.43. The van der Waals surface area contributed by atoms with E-state index >= 15 is 0 Å². The van der Waals surface area contributed by atoms with Crippen LogP contribution in [0.15, 0.2) is 109 Å². The van der Waals surface area contributed by atoms with Gasteiger partial charge < -0.3 is 0 Å². The standard InChI is InChI=1S/C60H20N18/c61-19-37-7-1-31(13-43(37)25-67)49-50(32-2-8-38(20-62)44(14-32)26-68)74-56-55(73-49)57-59(77-52(34-4-10-40(22-64)46(16-34)28-70)51(75-57)33-3-9-39(21-63)45(15-33)27-69)60-58(56)76-53(35-5-11-41(23-65)47(17-35)29-71)54(78-60)36-6-12-42(24-66)48(18-36)30-72/h1-18,37,43H. The van der Waals surface area contributed by atoms with Gasteiger partial charge in [0.05, 0.1) is 114 Å². The van der Waals surface area contributed by atoms with Crippen LogP contribution in [0.2, 0.25) is 0 Å². The zero-order valence-electron chi connectivity index (χ0n) is 39.6. The van der Waals surface area contributed by atoms with E-state index in [1.165, 1.54) is 60.7 Å². The van der Waals surface area contributed by atoms with Crippen molar-refractivity contribution in [3.05, 3.63) is 171 Å². The van der Waals surface area contributed by atoms with Crippen molar-refractivity contribution >= 4 is 38.7 Å². The summed E-state index contributed by atoms with van der Waals surface area (Å²) >= 11 is 0. The number of fused-ring (bicyclic) bond motifs is 6. The maximum atomic E-state index is 10.3. The number of hydrogen-bond donors (Lipinski definition) is 0. The Morgan fingerprint density at radius 3 is 0.731 bits per heavy atom. The number of nitriles is 12. The van der Waals surface area contributed by atoms with Crippen LogP contribution in [0.25, 0.3) is 95.0 Å². The van der Waals surface area contributed by atoms with Gasteiger partial charge in [-0.3, -0.25) is 0 Å². The molecule has 0 fully saturated rings. The van der Waals surface area contributed by atoms with Crippen LogP contribution in [0.3, 0.4) is 0 Å². The number of benzene rings is 6. The van der Waals surface area contributed by atoms with Gasteiger partial charge in [0.15, 0.2) is 0 Å². The molecule has 0 saturated carbocycles. The molecule has 3 aromatic heterocycles. The van der Waals surface area contributed by atoms with Crippen molar-refractivity contribution in [1.82, 2.24) is 29.9 Å². The Morgan fingerprint density at radius 2 is 0.500 bits per heavy atom. The Morgan fingerprint density at radius 1 is 0.269 bits per heavy atom. The third-order valence-electron chi connectivity index (χ3n) is 12.8. The maximum absolute atomic E-state index is 10.3. The van der Waals surface area contributed by atoms with Crippen LogP contribution < -0.4 is 0 Å². The van der Waals surface area contributed by atoms with Crippen molar-refractivity contribution in [1.29, 1.82) is 63.1 Å². The quantitative estimate of drug-likeness (QED) is 0.140. The van der Waals surface area contributed by atoms with E-state index in [1.807, 2.05) is 36.4 Å². The van der Waals surface area contributed by atoms with E-state index in [0.717, 1.165) is 0 Å². The highest BCUT2D eigenvalue weighted by molar-refractivity contribution is 6.20. The summed E-state index contributed by atoms with van der Waals surface area (Å²) in [5.74, 6) is -1.77. The Kier molecular flexibility index (Phi) is 12.2. The molecule has 0 N–H and O–H groups in total. The lowest BCUT2D eigenvalue weighted by atomic mass is 9.86. The van der Waals surface area contributed by atoms with E-state index in [1.54, 1.807) is 48.6 Å². The highest BCUT2D eigenvalue weighted by atomic mass is 14.9. The molecule has 1 aliphatic rings. The van der Waals surface area contributed by atoms with Crippen LogP contribution in [-0.4, -0.2) is 29.9 Å². The van der Waals surface area contributed by atoms with Crippen LogP contribution in [0, 0.1) is 148 Å². The number of aromatic nitrogens is 6. The predicted octanol–water partition coefficient (Wildman–Crippen LogP) is 9.80. The van der Waals surface area contributed by atoms with Gasteiger partial charge in [0.2, 0.25) is 0 Å². The summed E-state index contributed by atoms with van der Waals surface area (Å²) in [6.45, 7) is 0.